The summed E-state index contributed by atoms with van der Waals surface area (Å²) >= 11 is 6.33. The van der Waals surface area contributed by atoms with Gasteiger partial charge in [0.15, 0.2) is 11.5 Å². The molecule has 0 atom stereocenters. The van der Waals surface area contributed by atoms with Crippen molar-refractivity contribution in [2.45, 2.75) is 13.5 Å². The molecule has 2 aromatic carbocycles. The van der Waals surface area contributed by atoms with E-state index in [0.29, 0.717) is 48.5 Å². The molecule has 0 aliphatic carbocycles. The number of hydrogen-bond donors (Lipinski definition) is 0. The number of anilines is 1. The van der Waals surface area contributed by atoms with Gasteiger partial charge in [-0.05, 0) is 30.7 Å². The molecule has 0 unspecified atom stereocenters. The number of hydrogen-bond acceptors (Lipinski definition) is 5. The molecule has 0 bridgehead atoms. The highest BCUT2D eigenvalue weighted by Gasteiger charge is 2.20. The van der Waals surface area contributed by atoms with E-state index in [9.17, 15) is 4.79 Å². The molecule has 29 heavy (non-hydrogen) atoms. The summed E-state index contributed by atoms with van der Waals surface area (Å²) in [7, 11) is 3.32. The third-order valence-corrected chi connectivity index (χ3v) is 5.14. The second kappa shape index (κ2) is 9.85. The van der Waals surface area contributed by atoms with Crippen LogP contribution in [0.5, 0.6) is 11.5 Å². The van der Waals surface area contributed by atoms with Gasteiger partial charge in [-0.3, -0.25) is 4.79 Å². The minimum atomic E-state index is -0.134. The Morgan fingerprint density at radius 2 is 1.97 bits per heavy atom. The monoisotopic (exact) mass is 418 g/mol. The first-order valence-corrected chi connectivity index (χ1v) is 10.1. The highest BCUT2D eigenvalue weighted by Crippen LogP contribution is 2.36. The summed E-state index contributed by atoms with van der Waals surface area (Å²) in [6.07, 6.45) is 0. The summed E-state index contributed by atoms with van der Waals surface area (Å²) in [6, 6.07) is 11.5. The van der Waals surface area contributed by atoms with Gasteiger partial charge in [0.2, 0.25) is 0 Å². The molecule has 0 spiro atoms. The van der Waals surface area contributed by atoms with E-state index in [1.165, 1.54) is 7.11 Å². The van der Waals surface area contributed by atoms with Crippen LogP contribution in [0.1, 0.15) is 22.8 Å². The highest BCUT2D eigenvalue weighted by atomic mass is 35.5. The topological polar surface area (TPSA) is 51.2 Å². The van der Waals surface area contributed by atoms with E-state index in [4.69, 9.17) is 25.8 Å². The van der Waals surface area contributed by atoms with Crippen LogP contribution in [0.2, 0.25) is 5.02 Å². The minimum Gasteiger partial charge on any atom is -0.493 e. The number of ether oxygens (including phenoxy) is 3. The number of methoxy groups -OCH3 is 1. The lowest BCUT2D eigenvalue weighted by Gasteiger charge is -2.31. The van der Waals surface area contributed by atoms with Crippen molar-refractivity contribution in [3.8, 4) is 11.5 Å². The fraction of sp³-hybridized carbons (Fsp3) is 0.409. The predicted octanol–water partition coefficient (Wildman–Crippen LogP) is 3.86. The molecule has 1 amide bonds. The number of carbonyl (C=O) groups is 1. The summed E-state index contributed by atoms with van der Waals surface area (Å²) in [6.45, 7) is 5.94. The molecule has 1 heterocycles. The van der Waals surface area contributed by atoms with Gasteiger partial charge in [-0.15, -0.1) is 0 Å². The molecule has 0 aromatic heterocycles. The lowest BCUT2D eigenvalue weighted by molar-refractivity contribution is 0.0784. The van der Waals surface area contributed by atoms with Crippen molar-refractivity contribution in [1.82, 2.24) is 4.90 Å². The van der Waals surface area contributed by atoms with Crippen LogP contribution in [0.25, 0.3) is 0 Å². The molecule has 0 radical (unpaired) electrons. The molecule has 1 aliphatic heterocycles. The van der Waals surface area contributed by atoms with Gasteiger partial charge in [0.05, 0.1) is 32.0 Å². The lowest BCUT2D eigenvalue weighted by atomic mass is 10.1. The molecule has 2 aromatic rings. The summed E-state index contributed by atoms with van der Waals surface area (Å²) in [5.74, 6) is 0.767. The number of carbonyl (C=O) groups excluding carboxylic acids is 1. The normalized spacial score (nSPS) is 13.9. The van der Waals surface area contributed by atoms with Crippen molar-refractivity contribution in [3.63, 3.8) is 0 Å². The number of amides is 1. The first-order valence-electron chi connectivity index (χ1n) is 9.71. The number of rotatable bonds is 7. The van der Waals surface area contributed by atoms with Crippen LogP contribution in [-0.4, -0.2) is 57.9 Å². The van der Waals surface area contributed by atoms with Gasteiger partial charge in [-0.25, -0.2) is 0 Å². The number of halogens is 1. The second-order valence-corrected chi connectivity index (χ2v) is 7.22. The van der Waals surface area contributed by atoms with Crippen LogP contribution in [0.15, 0.2) is 36.4 Å². The Labute approximate surface area is 176 Å². The van der Waals surface area contributed by atoms with Gasteiger partial charge in [0.25, 0.3) is 5.91 Å². The second-order valence-electron chi connectivity index (χ2n) is 6.81. The van der Waals surface area contributed by atoms with Crippen LogP contribution in [0.3, 0.4) is 0 Å². The lowest BCUT2D eigenvalue weighted by Crippen LogP contribution is -2.37. The van der Waals surface area contributed by atoms with E-state index < -0.39 is 0 Å². The van der Waals surface area contributed by atoms with Crippen molar-refractivity contribution < 1.29 is 19.0 Å². The van der Waals surface area contributed by atoms with Crippen LogP contribution < -0.4 is 14.4 Å². The Morgan fingerprint density at radius 1 is 1.24 bits per heavy atom. The first-order chi connectivity index (χ1) is 14.0. The molecule has 7 heteroatoms. The average Bonchev–Trinajstić information content (AvgIpc) is 2.75. The van der Waals surface area contributed by atoms with Gasteiger partial charge in [-0.1, -0.05) is 29.8 Å². The summed E-state index contributed by atoms with van der Waals surface area (Å²) in [5.41, 5.74) is 2.69. The van der Waals surface area contributed by atoms with Gasteiger partial charge in [-0.2, -0.15) is 0 Å². The number of para-hydroxylation sites is 1. The molecule has 1 aliphatic rings. The molecule has 1 saturated heterocycles. The summed E-state index contributed by atoms with van der Waals surface area (Å²) in [4.78, 5) is 17.0. The average molecular weight is 419 g/mol. The van der Waals surface area contributed by atoms with Crippen molar-refractivity contribution in [2.75, 3.05) is 52.0 Å². The molecule has 156 valence electrons. The van der Waals surface area contributed by atoms with Crippen molar-refractivity contribution in [1.29, 1.82) is 0 Å². The van der Waals surface area contributed by atoms with Crippen molar-refractivity contribution in [3.05, 3.63) is 52.5 Å². The fourth-order valence-corrected chi connectivity index (χ4v) is 3.70. The van der Waals surface area contributed by atoms with E-state index >= 15 is 0 Å². The fourth-order valence-electron chi connectivity index (χ4n) is 3.43. The third-order valence-electron chi connectivity index (χ3n) is 4.86. The number of benzene rings is 2. The van der Waals surface area contributed by atoms with Gasteiger partial charge in [0, 0.05) is 37.9 Å². The van der Waals surface area contributed by atoms with Crippen LogP contribution in [-0.2, 0) is 11.3 Å². The molecule has 3 rings (SSSR count). The van der Waals surface area contributed by atoms with E-state index in [2.05, 4.69) is 17.0 Å². The molecule has 1 fully saturated rings. The maximum absolute atomic E-state index is 13.1. The Kier molecular flexibility index (Phi) is 7.23. The van der Waals surface area contributed by atoms with Crippen LogP contribution >= 0.6 is 11.6 Å². The zero-order valence-electron chi connectivity index (χ0n) is 17.1. The Hall–Kier alpha value is -2.44. The quantitative estimate of drug-likeness (QED) is 0.683. The van der Waals surface area contributed by atoms with E-state index in [-0.39, 0.29) is 5.91 Å². The molecular formula is C22H27ClN2O4. The molecule has 0 N–H and O–H groups in total. The summed E-state index contributed by atoms with van der Waals surface area (Å²) < 4.78 is 16.4. The van der Waals surface area contributed by atoms with Crippen LogP contribution in [0, 0.1) is 0 Å². The van der Waals surface area contributed by atoms with Crippen molar-refractivity contribution >= 4 is 23.2 Å². The smallest absolute Gasteiger partial charge is 0.254 e. The molecular weight excluding hydrogens is 392 g/mol. The Morgan fingerprint density at radius 3 is 2.66 bits per heavy atom. The van der Waals surface area contributed by atoms with Gasteiger partial charge in [0.1, 0.15) is 0 Å². The maximum Gasteiger partial charge on any atom is 0.254 e. The van der Waals surface area contributed by atoms with Crippen molar-refractivity contribution in [2.24, 2.45) is 0 Å². The minimum absolute atomic E-state index is 0.134. The first kappa shape index (κ1) is 21.3. The standard InChI is InChI=1S/C22H27ClN2O4/c1-4-29-21-18(23)13-17(14-20(21)27-3)22(26)24(2)15-16-7-5-6-8-19(16)25-9-11-28-12-10-25/h5-8,13-14H,4,9-12,15H2,1-3H3. The number of nitrogens with zero attached hydrogens (tertiary/aromatic N) is 2. The number of morpholine rings is 1. The van der Waals surface area contributed by atoms with Gasteiger partial charge >= 0.3 is 0 Å². The molecule has 6 nitrogen and oxygen atoms in total. The highest BCUT2D eigenvalue weighted by molar-refractivity contribution is 6.32. The Balaban J connectivity index is 1.80. The predicted molar refractivity (Wildman–Crippen MR) is 114 cm³/mol. The summed E-state index contributed by atoms with van der Waals surface area (Å²) in [5, 5.41) is 0.358. The largest absolute Gasteiger partial charge is 0.493 e. The maximum atomic E-state index is 13.1. The SMILES string of the molecule is CCOc1c(Cl)cc(C(=O)N(C)Cc2ccccc2N2CCOCC2)cc1OC. The van der Waals surface area contributed by atoms with E-state index in [1.54, 1.807) is 24.1 Å². The van der Waals surface area contributed by atoms with Crippen LogP contribution in [0.4, 0.5) is 5.69 Å². The zero-order chi connectivity index (χ0) is 20.8. The third kappa shape index (κ3) is 4.95. The zero-order valence-corrected chi connectivity index (χ0v) is 17.9. The van der Waals surface area contributed by atoms with Gasteiger partial charge < -0.3 is 24.0 Å². The van der Waals surface area contributed by atoms with E-state index in [0.717, 1.165) is 24.3 Å². The Bertz CT molecular complexity index is 853. The molecule has 0 saturated carbocycles. The van der Waals surface area contributed by atoms with E-state index in [1.807, 2.05) is 19.1 Å².